The van der Waals surface area contributed by atoms with Crippen molar-refractivity contribution in [3.63, 3.8) is 0 Å². The lowest BCUT2D eigenvalue weighted by molar-refractivity contribution is 0.660. The molecule has 3 aliphatic carbocycles. The van der Waals surface area contributed by atoms with E-state index in [0.717, 1.165) is 40.7 Å². The lowest BCUT2D eigenvalue weighted by Gasteiger charge is -2.29. The number of aromatic nitrogens is 3. The molecule has 0 bridgehead atoms. The van der Waals surface area contributed by atoms with Crippen molar-refractivity contribution >= 4 is 0 Å². The summed E-state index contributed by atoms with van der Waals surface area (Å²) in [5.74, 6) is 2.02. The van der Waals surface area contributed by atoms with Crippen LogP contribution >= 0.6 is 0 Å². The summed E-state index contributed by atoms with van der Waals surface area (Å²) in [6, 6.07) is 55.2. The van der Waals surface area contributed by atoms with Gasteiger partial charge in [-0.05, 0) is 109 Å². The maximum absolute atomic E-state index is 5.30. The van der Waals surface area contributed by atoms with Crippen LogP contribution in [0.5, 0.6) is 0 Å². The second-order valence-electron chi connectivity index (χ2n) is 16.7. The molecule has 1 aromatic heterocycles. The first-order valence-corrected chi connectivity index (χ1v) is 19.8. The van der Waals surface area contributed by atoms with Gasteiger partial charge < -0.3 is 0 Å². The molecule has 3 aliphatic rings. The molecular weight excluding hydrogens is 679 g/mol. The maximum atomic E-state index is 5.30. The standard InChI is InChI=1S/C53H41N3/c1-52(2)44-20-11-10-19-40(44)41-26-24-38(31-46(41)52)51-55-49(36-17-12-16-35(29-36)32-13-6-5-7-14-32)54-50(56-51)37-25-28-45-43(30-37)42-27-23-34-22-21-33-15-8-9-18-39(33)47(34)48(42)53(45,3)4/h5-20,23-31H,21-22H2,1-4H3. The van der Waals surface area contributed by atoms with Crippen molar-refractivity contribution in [2.24, 2.45) is 0 Å². The Morgan fingerprint density at radius 3 is 1.73 bits per heavy atom. The van der Waals surface area contributed by atoms with E-state index in [9.17, 15) is 0 Å². The molecule has 268 valence electrons. The molecule has 3 nitrogen and oxygen atoms in total. The molecule has 0 spiro atoms. The Bertz CT molecular complexity index is 2920. The molecule has 56 heavy (non-hydrogen) atoms. The monoisotopic (exact) mass is 719 g/mol. The van der Waals surface area contributed by atoms with Gasteiger partial charge in [-0.25, -0.2) is 15.0 Å². The van der Waals surface area contributed by atoms with Crippen molar-refractivity contribution in [1.82, 2.24) is 15.0 Å². The fraction of sp³-hybridized carbons (Fsp3) is 0.151. The van der Waals surface area contributed by atoms with Crippen LogP contribution in [0.4, 0.5) is 0 Å². The smallest absolute Gasteiger partial charge is 0.164 e. The third-order valence-corrected chi connectivity index (χ3v) is 12.8. The minimum atomic E-state index is -0.152. The number of hydrogen-bond donors (Lipinski definition) is 0. The normalized spacial score (nSPS) is 14.9. The van der Waals surface area contributed by atoms with Gasteiger partial charge in [0.2, 0.25) is 0 Å². The van der Waals surface area contributed by atoms with E-state index >= 15 is 0 Å². The van der Waals surface area contributed by atoms with E-state index in [1.54, 1.807) is 0 Å². The van der Waals surface area contributed by atoms with Crippen LogP contribution < -0.4 is 0 Å². The molecule has 0 fully saturated rings. The quantitative estimate of drug-likeness (QED) is 0.182. The molecule has 8 aromatic rings. The maximum Gasteiger partial charge on any atom is 0.164 e. The Kier molecular flexibility index (Phi) is 7.07. The lowest BCUT2D eigenvalue weighted by atomic mass is 9.74. The van der Waals surface area contributed by atoms with E-state index in [1.807, 2.05) is 0 Å². The first-order valence-electron chi connectivity index (χ1n) is 19.8. The molecule has 7 aromatic carbocycles. The minimum absolute atomic E-state index is 0.134. The Labute approximate surface area is 328 Å². The van der Waals surface area contributed by atoms with Gasteiger partial charge in [-0.15, -0.1) is 0 Å². The average Bonchev–Trinajstić information content (AvgIpc) is 3.62. The Hall–Kier alpha value is -6.45. The number of nitrogens with zero attached hydrogens (tertiary/aromatic N) is 3. The Morgan fingerprint density at radius 1 is 0.357 bits per heavy atom. The fourth-order valence-corrected chi connectivity index (χ4v) is 9.95. The van der Waals surface area contributed by atoms with Gasteiger partial charge in [0.1, 0.15) is 0 Å². The van der Waals surface area contributed by atoms with Crippen LogP contribution in [0.1, 0.15) is 61.1 Å². The molecule has 0 amide bonds. The van der Waals surface area contributed by atoms with Crippen LogP contribution in [-0.2, 0) is 23.7 Å². The molecule has 0 N–H and O–H groups in total. The Morgan fingerprint density at radius 2 is 0.929 bits per heavy atom. The van der Waals surface area contributed by atoms with Gasteiger partial charge in [0.15, 0.2) is 17.5 Å². The largest absolute Gasteiger partial charge is 0.208 e. The Balaban J connectivity index is 1.09. The molecular formula is C53H41N3. The van der Waals surface area contributed by atoms with Gasteiger partial charge in [0, 0.05) is 27.5 Å². The molecule has 1 heterocycles. The first-order chi connectivity index (χ1) is 27.3. The molecule has 0 saturated heterocycles. The van der Waals surface area contributed by atoms with Crippen molar-refractivity contribution in [1.29, 1.82) is 0 Å². The SMILES string of the molecule is CC1(C)c2ccccc2-c2ccc(-c3nc(-c4cccc(-c5ccccc5)c4)nc(-c4ccc5c(c4)-c4ccc6c(c4C5(C)C)-c4ccccc4CC6)n3)cc21. The summed E-state index contributed by atoms with van der Waals surface area (Å²) in [7, 11) is 0. The highest BCUT2D eigenvalue weighted by Gasteiger charge is 2.40. The van der Waals surface area contributed by atoms with E-state index in [1.165, 1.54) is 66.8 Å². The predicted octanol–water partition coefficient (Wildman–Crippen LogP) is 12.9. The average molecular weight is 720 g/mol. The third-order valence-electron chi connectivity index (χ3n) is 12.8. The molecule has 11 rings (SSSR count). The van der Waals surface area contributed by atoms with Crippen molar-refractivity contribution in [3.05, 3.63) is 185 Å². The fourth-order valence-electron chi connectivity index (χ4n) is 9.95. The summed E-state index contributed by atoms with van der Waals surface area (Å²) in [5, 5.41) is 0. The highest BCUT2D eigenvalue weighted by Crippen LogP contribution is 2.55. The number of hydrogen-bond acceptors (Lipinski definition) is 3. The van der Waals surface area contributed by atoms with E-state index < -0.39 is 0 Å². The van der Waals surface area contributed by atoms with Gasteiger partial charge in [-0.3, -0.25) is 0 Å². The molecule has 0 unspecified atom stereocenters. The van der Waals surface area contributed by atoms with Crippen molar-refractivity contribution in [3.8, 4) is 78.7 Å². The summed E-state index contributed by atoms with van der Waals surface area (Å²) in [6.07, 6.45) is 2.16. The number of aryl methyl sites for hydroxylation is 2. The van der Waals surface area contributed by atoms with Crippen molar-refractivity contribution in [2.75, 3.05) is 0 Å². The number of fused-ring (bicyclic) bond motifs is 10. The second kappa shape index (κ2) is 12.0. The third kappa shape index (κ3) is 4.86. The summed E-state index contributed by atoms with van der Waals surface area (Å²) < 4.78 is 0. The number of benzene rings is 7. The zero-order valence-corrected chi connectivity index (χ0v) is 32.2. The van der Waals surface area contributed by atoms with Crippen LogP contribution in [0.25, 0.3) is 78.7 Å². The second-order valence-corrected chi connectivity index (χ2v) is 16.7. The van der Waals surface area contributed by atoms with Crippen molar-refractivity contribution < 1.29 is 0 Å². The highest BCUT2D eigenvalue weighted by molar-refractivity contribution is 5.92. The first kappa shape index (κ1) is 32.9. The zero-order valence-electron chi connectivity index (χ0n) is 32.2. The van der Waals surface area contributed by atoms with Crippen molar-refractivity contribution in [2.45, 2.75) is 51.4 Å². The summed E-state index contributed by atoms with van der Waals surface area (Å²) in [5.41, 5.74) is 21.3. The van der Waals surface area contributed by atoms with E-state index in [-0.39, 0.29) is 10.8 Å². The molecule has 3 heteroatoms. The topological polar surface area (TPSA) is 38.7 Å². The van der Waals surface area contributed by atoms with Crippen LogP contribution in [0, 0.1) is 0 Å². The van der Waals surface area contributed by atoms with E-state index in [2.05, 4.69) is 179 Å². The minimum Gasteiger partial charge on any atom is -0.208 e. The molecule has 0 saturated carbocycles. The van der Waals surface area contributed by atoms with Gasteiger partial charge in [-0.1, -0.05) is 161 Å². The van der Waals surface area contributed by atoms with Crippen LogP contribution in [0.3, 0.4) is 0 Å². The molecule has 0 aliphatic heterocycles. The summed E-state index contributed by atoms with van der Waals surface area (Å²) >= 11 is 0. The van der Waals surface area contributed by atoms with Gasteiger partial charge in [0.05, 0.1) is 0 Å². The summed E-state index contributed by atoms with van der Waals surface area (Å²) in [4.78, 5) is 15.8. The highest BCUT2D eigenvalue weighted by atomic mass is 15.0. The molecule has 0 atom stereocenters. The van der Waals surface area contributed by atoms with Gasteiger partial charge >= 0.3 is 0 Å². The van der Waals surface area contributed by atoms with Crippen LogP contribution in [-0.4, -0.2) is 15.0 Å². The van der Waals surface area contributed by atoms with Gasteiger partial charge in [-0.2, -0.15) is 0 Å². The summed E-state index contributed by atoms with van der Waals surface area (Å²) in [6.45, 7) is 9.42. The number of rotatable bonds is 4. The predicted molar refractivity (Wildman–Crippen MR) is 230 cm³/mol. The van der Waals surface area contributed by atoms with E-state index in [4.69, 9.17) is 15.0 Å². The van der Waals surface area contributed by atoms with Gasteiger partial charge in [0.25, 0.3) is 0 Å². The molecule has 0 radical (unpaired) electrons. The van der Waals surface area contributed by atoms with Crippen LogP contribution in [0.15, 0.2) is 152 Å². The van der Waals surface area contributed by atoms with E-state index in [0.29, 0.717) is 17.5 Å². The lowest BCUT2D eigenvalue weighted by Crippen LogP contribution is -2.18. The zero-order chi connectivity index (χ0) is 37.8. The van der Waals surface area contributed by atoms with Crippen LogP contribution in [0.2, 0.25) is 0 Å².